The molecule has 1 aromatic heterocycles. The van der Waals surface area contributed by atoms with Gasteiger partial charge >= 0.3 is 0 Å². The van der Waals surface area contributed by atoms with Gasteiger partial charge in [0.15, 0.2) is 0 Å². The van der Waals surface area contributed by atoms with Gasteiger partial charge in [-0.1, -0.05) is 18.2 Å². The third-order valence-corrected chi connectivity index (χ3v) is 4.06. The van der Waals surface area contributed by atoms with E-state index in [1.807, 2.05) is 25.3 Å². The topological polar surface area (TPSA) is 34.1 Å². The minimum Gasteiger partial charge on any atom is -0.488 e. The fourth-order valence-corrected chi connectivity index (χ4v) is 2.66. The summed E-state index contributed by atoms with van der Waals surface area (Å²) in [7, 11) is 0. The van der Waals surface area contributed by atoms with Gasteiger partial charge in [0.25, 0.3) is 0 Å². The van der Waals surface area contributed by atoms with E-state index >= 15 is 0 Å². The fourth-order valence-electron chi connectivity index (χ4n) is 1.95. The molecule has 1 aliphatic carbocycles. The zero-order chi connectivity index (χ0) is 13.1. The molecule has 1 fully saturated rings. The molecule has 1 aromatic carbocycles. The molecule has 4 heteroatoms. The van der Waals surface area contributed by atoms with Crippen LogP contribution in [-0.4, -0.2) is 11.0 Å². The third-order valence-electron chi connectivity index (χ3n) is 3.17. The second-order valence-corrected chi connectivity index (χ2v) is 6.22. The fraction of sp³-hybridized carbons (Fsp3) is 0.400. The van der Waals surface area contributed by atoms with Crippen LogP contribution < -0.4 is 10.1 Å². The number of hydrogen-bond donors (Lipinski definition) is 1. The van der Waals surface area contributed by atoms with Crippen LogP contribution in [-0.2, 0) is 13.2 Å². The Morgan fingerprint density at radius 3 is 2.95 bits per heavy atom. The summed E-state index contributed by atoms with van der Waals surface area (Å²) >= 11 is 1.69. The van der Waals surface area contributed by atoms with Gasteiger partial charge in [-0.25, -0.2) is 4.98 Å². The molecule has 0 aliphatic heterocycles. The molecule has 2 aromatic rings. The molecule has 100 valence electrons. The van der Waals surface area contributed by atoms with Gasteiger partial charge in [-0.05, 0) is 25.8 Å². The Hall–Kier alpha value is -1.39. The Morgan fingerprint density at radius 1 is 1.37 bits per heavy atom. The van der Waals surface area contributed by atoms with E-state index in [-0.39, 0.29) is 0 Å². The van der Waals surface area contributed by atoms with Gasteiger partial charge in [0, 0.05) is 24.3 Å². The quantitative estimate of drug-likeness (QED) is 0.877. The Labute approximate surface area is 117 Å². The number of aryl methyl sites for hydroxylation is 1. The summed E-state index contributed by atoms with van der Waals surface area (Å²) in [5.41, 5.74) is 1.23. The Bertz CT molecular complexity index is 549. The largest absolute Gasteiger partial charge is 0.488 e. The Kier molecular flexibility index (Phi) is 3.80. The maximum absolute atomic E-state index is 5.92. The van der Waals surface area contributed by atoms with E-state index in [2.05, 4.69) is 22.4 Å². The predicted molar refractivity (Wildman–Crippen MR) is 77.5 cm³/mol. The van der Waals surface area contributed by atoms with Crippen molar-refractivity contribution < 1.29 is 4.74 Å². The van der Waals surface area contributed by atoms with Gasteiger partial charge in [0.05, 0.1) is 9.88 Å². The zero-order valence-corrected chi connectivity index (χ0v) is 11.9. The van der Waals surface area contributed by atoms with Crippen LogP contribution in [0.25, 0.3) is 0 Å². The molecule has 0 atom stereocenters. The van der Waals surface area contributed by atoms with Crippen molar-refractivity contribution in [3.05, 3.63) is 45.9 Å². The number of thiazole rings is 1. The van der Waals surface area contributed by atoms with E-state index in [4.69, 9.17) is 4.74 Å². The molecule has 0 bridgehead atoms. The molecule has 0 radical (unpaired) electrons. The minimum atomic E-state index is 0.603. The average Bonchev–Trinajstić information content (AvgIpc) is 3.17. The van der Waals surface area contributed by atoms with Crippen molar-refractivity contribution in [3.63, 3.8) is 0 Å². The predicted octanol–water partition coefficient (Wildman–Crippen LogP) is 3.28. The first kappa shape index (κ1) is 12.6. The first-order valence-electron chi connectivity index (χ1n) is 6.66. The summed E-state index contributed by atoms with van der Waals surface area (Å²) in [4.78, 5) is 5.41. The molecule has 0 unspecified atom stereocenters. The number of hydrogen-bond acceptors (Lipinski definition) is 4. The molecule has 3 nitrogen and oxygen atoms in total. The van der Waals surface area contributed by atoms with E-state index in [0.29, 0.717) is 6.61 Å². The van der Waals surface area contributed by atoms with Gasteiger partial charge in [-0.2, -0.15) is 0 Å². The highest BCUT2D eigenvalue weighted by atomic mass is 32.1. The summed E-state index contributed by atoms with van der Waals surface area (Å²) < 4.78 is 5.92. The molecular formula is C15H18N2OS. The second-order valence-electron chi connectivity index (χ2n) is 4.90. The molecule has 0 amide bonds. The molecule has 3 rings (SSSR count). The van der Waals surface area contributed by atoms with Crippen molar-refractivity contribution in [2.75, 3.05) is 0 Å². The summed E-state index contributed by atoms with van der Waals surface area (Å²) in [5, 5.41) is 4.61. The molecule has 0 saturated heterocycles. The lowest BCUT2D eigenvalue weighted by Crippen LogP contribution is -2.16. The van der Waals surface area contributed by atoms with Crippen LogP contribution in [0.1, 0.15) is 28.3 Å². The highest BCUT2D eigenvalue weighted by Gasteiger charge is 2.20. The van der Waals surface area contributed by atoms with E-state index in [1.165, 1.54) is 23.3 Å². The van der Waals surface area contributed by atoms with Gasteiger partial charge < -0.3 is 10.1 Å². The summed E-state index contributed by atoms with van der Waals surface area (Å²) in [6.07, 6.45) is 4.51. The van der Waals surface area contributed by atoms with Crippen molar-refractivity contribution in [2.45, 2.75) is 39.0 Å². The lowest BCUT2D eigenvalue weighted by Gasteiger charge is -2.11. The second kappa shape index (κ2) is 5.72. The summed E-state index contributed by atoms with van der Waals surface area (Å²) in [5.74, 6) is 0.974. The molecule has 0 spiro atoms. The van der Waals surface area contributed by atoms with Crippen molar-refractivity contribution in [3.8, 4) is 5.75 Å². The van der Waals surface area contributed by atoms with Gasteiger partial charge in [-0.15, -0.1) is 11.3 Å². The summed E-state index contributed by atoms with van der Waals surface area (Å²) in [6.45, 7) is 3.51. The number of nitrogens with one attached hydrogen (secondary N) is 1. The maximum atomic E-state index is 5.92. The molecule has 1 N–H and O–H groups in total. The van der Waals surface area contributed by atoms with Crippen molar-refractivity contribution in [1.82, 2.24) is 10.3 Å². The highest BCUT2D eigenvalue weighted by molar-refractivity contribution is 7.11. The third kappa shape index (κ3) is 3.55. The lowest BCUT2D eigenvalue weighted by molar-refractivity contribution is 0.305. The normalized spacial score (nSPS) is 14.6. The smallest absolute Gasteiger partial charge is 0.124 e. The van der Waals surface area contributed by atoms with E-state index in [0.717, 1.165) is 23.3 Å². The average molecular weight is 274 g/mol. The molecule has 1 saturated carbocycles. The Balaban J connectivity index is 1.62. The number of ether oxygens (including phenoxy) is 1. The Morgan fingerprint density at radius 2 is 2.21 bits per heavy atom. The minimum absolute atomic E-state index is 0.603. The van der Waals surface area contributed by atoms with Crippen LogP contribution in [0.15, 0.2) is 30.5 Å². The van der Waals surface area contributed by atoms with Crippen molar-refractivity contribution in [1.29, 1.82) is 0 Å². The van der Waals surface area contributed by atoms with Crippen molar-refractivity contribution in [2.24, 2.45) is 0 Å². The lowest BCUT2D eigenvalue weighted by atomic mass is 10.2. The van der Waals surface area contributed by atoms with Crippen LogP contribution in [0.4, 0.5) is 0 Å². The number of rotatable bonds is 6. The van der Waals surface area contributed by atoms with Crippen LogP contribution in [0, 0.1) is 6.92 Å². The molecular weight excluding hydrogens is 256 g/mol. The first-order valence-corrected chi connectivity index (χ1v) is 7.48. The van der Waals surface area contributed by atoms with Gasteiger partial charge in [0.1, 0.15) is 12.4 Å². The first-order chi connectivity index (χ1) is 9.31. The number of nitrogens with zero attached hydrogens (tertiary/aromatic N) is 1. The zero-order valence-electron chi connectivity index (χ0n) is 11.1. The van der Waals surface area contributed by atoms with Crippen LogP contribution in [0.2, 0.25) is 0 Å². The van der Waals surface area contributed by atoms with Crippen LogP contribution in [0.3, 0.4) is 0 Å². The van der Waals surface area contributed by atoms with Crippen LogP contribution >= 0.6 is 11.3 Å². The van der Waals surface area contributed by atoms with Gasteiger partial charge in [-0.3, -0.25) is 0 Å². The molecule has 1 aliphatic rings. The van der Waals surface area contributed by atoms with E-state index < -0.39 is 0 Å². The highest BCUT2D eigenvalue weighted by Crippen LogP contribution is 2.23. The maximum Gasteiger partial charge on any atom is 0.124 e. The summed E-state index contributed by atoms with van der Waals surface area (Å²) in [6, 6.07) is 8.97. The molecule has 19 heavy (non-hydrogen) atoms. The van der Waals surface area contributed by atoms with Gasteiger partial charge in [0.2, 0.25) is 0 Å². The van der Waals surface area contributed by atoms with Crippen molar-refractivity contribution >= 4 is 11.3 Å². The number of benzene rings is 1. The molecule has 1 heterocycles. The SMILES string of the molecule is Cc1ncc(COc2ccccc2CNC2CC2)s1. The van der Waals surface area contributed by atoms with E-state index in [9.17, 15) is 0 Å². The van der Waals surface area contributed by atoms with Crippen LogP contribution in [0.5, 0.6) is 5.75 Å². The number of aromatic nitrogens is 1. The van der Waals surface area contributed by atoms with E-state index in [1.54, 1.807) is 11.3 Å². The monoisotopic (exact) mass is 274 g/mol. The number of para-hydroxylation sites is 1. The standard InChI is InChI=1S/C15H18N2OS/c1-11-16-9-14(19-11)10-18-15-5-3-2-4-12(15)8-17-13-6-7-13/h2-5,9,13,17H,6-8,10H2,1H3.